The van der Waals surface area contributed by atoms with Crippen LogP contribution in [0.5, 0.6) is 0 Å². The number of carbonyl (C=O) groups excluding carboxylic acids is 1. The summed E-state index contributed by atoms with van der Waals surface area (Å²) in [4.78, 5) is 11.9. The van der Waals surface area contributed by atoms with E-state index in [1.807, 2.05) is 0 Å². The van der Waals surface area contributed by atoms with E-state index in [1.165, 1.54) is 13.8 Å². The third kappa shape index (κ3) is 2.09. The number of hydrogen-bond donors (Lipinski definition) is 1. The zero-order valence-electron chi connectivity index (χ0n) is 11.3. The Morgan fingerprint density at radius 1 is 1.25 bits per heavy atom. The lowest BCUT2D eigenvalue weighted by atomic mass is 10.1. The smallest absolute Gasteiger partial charge is 0.263 e. The van der Waals surface area contributed by atoms with Gasteiger partial charge in [0.2, 0.25) is 0 Å². The second-order valence-corrected chi connectivity index (χ2v) is 7.24. The van der Waals surface area contributed by atoms with Crippen LogP contribution in [0.2, 0.25) is 0 Å². The third-order valence-electron chi connectivity index (χ3n) is 3.16. The van der Waals surface area contributed by atoms with Gasteiger partial charge in [0.1, 0.15) is 0 Å². The molecule has 0 aromatic heterocycles. The highest BCUT2D eigenvalue weighted by Crippen LogP contribution is 2.38. The van der Waals surface area contributed by atoms with Gasteiger partial charge in [0, 0.05) is 12.0 Å². The molecule has 1 heterocycles. The van der Waals surface area contributed by atoms with E-state index in [2.05, 4.69) is 11.8 Å². The van der Waals surface area contributed by atoms with Crippen molar-refractivity contribution in [1.82, 2.24) is 0 Å². The molecule has 0 radical (unpaired) electrons. The molecule has 0 unspecified atom stereocenters. The molecule has 0 aliphatic carbocycles. The summed E-state index contributed by atoms with van der Waals surface area (Å²) >= 11 is 0. The number of hydrogen-bond acceptors (Lipinski definition) is 4. The molecule has 1 fully saturated rings. The van der Waals surface area contributed by atoms with Crippen molar-refractivity contribution in [3.63, 3.8) is 0 Å². The molecule has 1 saturated heterocycles. The van der Waals surface area contributed by atoms with Crippen LogP contribution in [-0.2, 0) is 14.8 Å². The molecular weight excluding hydrogens is 278 g/mol. The third-order valence-corrected chi connectivity index (χ3v) is 5.48. The summed E-state index contributed by atoms with van der Waals surface area (Å²) in [5.41, 5.74) is 1.02. The first kappa shape index (κ1) is 14.6. The molecule has 20 heavy (non-hydrogen) atoms. The molecule has 106 valence electrons. The molecule has 2 rings (SSSR count). The molecule has 1 amide bonds. The fourth-order valence-electron chi connectivity index (χ4n) is 1.81. The molecule has 0 saturated carbocycles. The van der Waals surface area contributed by atoms with Gasteiger partial charge in [0.25, 0.3) is 15.9 Å². The maximum absolute atomic E-state index is 12.0. The maximum atomic E-state index is 12.0. The first-order valence-electron chi connectivity index (χ1n) is 6.11. The first-order valence-corrected chi connectivity index (χ1v) is 7.55. The molecule has 1 aliphatic heterocycles. The number of rotatable bonds is 2. The SMILES string of the molecule is CC1(C)C(=O)N(c2ccc(C#CCCO)cc2)S1(=O)=O. The second kappa shape index (κ2) is 4.93. The number of aliphatic hydroxyl groups is 1. The molecule has 1 aromatic carbocycles. The van der Waals surface area contributed by atoms with Crippen molar-refractivity contribution in [1.29, 1.82) is 0 Å². The van der Waals surface area contributed by atoms with Crippen molar-refractivity contribution in [2.24, 2.45) is 0 Å². The minimum Gasteiger partial charge on any atom is -0.395 e. The number of anilines is 1. The molecule has 0 atom stereocenters. The monoisotopic (exact) mass is 293 g/mol. The molecule has 0 bridgehead atoms. The van der Waals surface area contributed by atoms with E-state index in [-0.39, 0.29) is 6.61 Å². The fourth-order valence-corrected chi connectivity index (χ4v) is 3.29. The molecule has 0 spiro atoms. The van der Waals surface area contributed by atoms with Gasteiger partial charge in [-0.25, -0.2) is 12.7 Å². The first-order chi connectivity index (χ1) is 9.32. The summed E-state index contributed by atoms with van der Waals surface area (Å²) in [6, 6.07) is 6.39. The zero-order valence-corrected chi connectivity index (χ0v) is 12.1. The van der Waals surface area contributed by atoms with Crippen LogP contribution in [0.25, 0.3) is 0 Å². The lowest BCUT2D eigenvalue weighted by Crippen LogP contribution is -2.67. The van der Waals surface area contributed by atoms with Crippen LogP contribution in [0.15, 0.2) is 24.3 Å². The molecule has 5 nitrogen and oxygen atoms in total. The van der Waals surface area contributed by atoms with Crippen LogP contribution in [0.3, 0.4) is 0 Å². The predicted molar refractivity (Wildman–Crippen MR) is 75.5 cm³/mol. The fraction of sp³-hybridized carbons (Fsp3) is 0.357. The lowest BCUT2D eigenvalue weighted by Gasteiger charge is -2.42. The van der Waals surface area contributed by atoms with Gasteiger partial charge >= 0.3 is 0 Å². The minimum atomic E-state index is -3.62. The summed E-state index contributed by atoms with van der Waals surface area (Å²) in [7, 11) is -3.62. The van der Waals surface area contributed by atoms with Crippen LogP contribution in [0.1, 0.15) is 25.8 Å². The highest BCUT2D eigenvalue weighted by atomic mass is 32.2. The van der Waals surface area contributed by atoms with Crippen molar-refractivity contribution < 1.29 is 18.3 Å². The number of benzene rings is 1. The summed E-state index contributed by atoms with van der Waals surface area (Å²) < 4.78 is 23.5. The quantitative estimate of drug-likeness (QED) is 0.821. The Bertz CT molecular complexity index is 693. The molecule has 1 aliphatic rings. The average molecular weight is 293 g/mol. The Morgan fingerprint density at radius 2 is 1.85 bits per heavy atom. The van der Waals surface area contributed by atoms with E-state index in [9.17, 15) is 13.2 Å². The van der Waals surface area contributed by atoms with E-state index in [0.717, 1.165) is 4.31 Å². The number of aliphatic hydroxyl groups excluding tert-OH is 1. The Balaban J connectivity index is 2.25. The molecule has 1 aromatic rings. The second-order valence-electron chi connectivity index (χ2n) is 4.91. The van der Waals surface area contributed by atoms with Crippen molar-refractivity contribution in [2.45, 2.75) is 25.0 Å². The highest BCUT2D eigenvalue weighted by Gasteiger charge is 2.60. The molecule has 1 N–H and O–H groups in total. The van der Waals surface area contributed by atoms with Crippen molar-refractivity contribution >= 4 is 21.6 Å². The van der Waals surface area contributed by atoms with Gasteiger partial charge in [-0.1, -0.05) is 11.8 Å². The molecular formula is C14H15NO4S. The van der Waals surface area contributed by atoms with Gasteiger partial charge < -0.3 is 5.11 Å². The van der Waals surface area contributed by atoms with Gasteiger partial charge in [-0.05, 0) is 38.1 Å². The Morgan fingerprint density at radius 3 is 2.35 bits per heavy atom. The van der Waals surface area contributed by atoms with E-state index in [0.29, 0.717) is 17.7 Å². The lowest BCUT2D eigenvalue weighted by molar-refractivity contribution is -0.120. The Kier molecular flexibility index (Phi) is 3.59. The topological polar surface area (TPSA) is 74.7 Å². The number of carbonyl (C=O) groups is 1. The van der Waals surface area contributed by atoms with Gasteiger partial charge in [-0.2, -0.15) is 0 Å². The normalized spacial score (nSPS) is 18.9. The van der Waals surface area contributed by atoms with Gasteiger partial charge in [0.15, 0.2) is 4.75 Å². The molecule has 6 heteroatoms. The Hall–Kier alpha value is -1.84. The highest BCUT2D eigenvalue weighted by molar-refractivity contribution is 7.98. The Labute approximate surface area is 118 Å². The largest absolute Gasteiger partial charge is 0.395 e. The van der Waals surface area contributed by atoms with E-state index < -0.39 is 20.7 Å². The van der Waals surface area contributed by atoms with Gasteiger partial charge in [0.05, 0.1) is 12.3 Å². The van der Waals surface area contributed by atoms with Crippen LogP contribution in [0, 0.1) is 11.8 Å². The average Bonchev–Trinajstić information content (AvgIpc) is 2.40. The standard InChI is InChI=1S/C14H15NO4S/c1-14(2)13(17)15(20(14,18)19)12-8-6-11(7-9-12)5-3-4-10-16/h6-9,16H,4,10H2,1-2H3. The van der Waals surface area contributed by atoms with E-state index in [4.69, 9.17) is 5.11 Å². The summed E-state index contributed by atoms with van der Waals surface area (Å²) in [5, 5.41) is 8.62. The van der Waals surface area contributed by atoms with Crippen molar-refractivity contribution in [3.8, 4) is 11.8 Å². The summed E-state index contributed by atoms with van der Waals surface area (Å²) in [6.07, 6.45) is 0.384. The van der Waals surface area contributed by atoms with Crippen LogP contribution >= 0.6 is 0 Å². The van der Waals surface area contributed by atoms with Gasteiger partial charge in [-0.15, -0.1) is 0 Å². The van der Waals surface area contributed by atoms with Crippen molar-refractivity contribution in [3.05, 3.63) is 29.8 Å². The summed E-state index contributed by atoms with van der Waals surface area (Å²) in [5.74, 6) is 5.17. The van der Waals surface area contributed by atoms with Crippen LogP contribution in [-0.4, -0.2) is 30.8 Å². The number of amides is 1. The van der Waals surface area contributed by atoms with Crippen LogP contribution < -0.4 is 4.31 Å². The minimum absolute atomic E-state index is 0.000684. The van der Waals surface area contributed by atoms with E-state index >= 15 is 0 Å². The van der Waals surface area contributed by atoms with Gasteiger partial charge in [-0.3, -0.25) is 4.79 Å². The van der Waals surface area contributed by atoms with Crippen LogP contribution in [0.4, 0.5) is 5.69 Å². The zero-order chi connectivity index (χ0) is 15.0. The summed E-state index contributed by atoms with van der Waals surface area (Å²) in [6.45, 7) is 2.80. The number of sulfonamides is 1. The number of nitrogens with zero attached hydrogens (tertiary/aromatic N) is 1. The predicted octanol–water partition coefficient (Wildman–Crippen LogP) is 0.875. The van der Waals surface area contributed by atoms with E-state index in [1.54, 1.807) is 24.3 Å². The maximum Gasteiger partial charge on any atom is 0.263 e. The van der Waals surface area contributed by atoms with Crippen molar-refractivity contribution in [2.75, 3.05) is 10.9 Å².